The van der Waals surface area contributed by atoms with E-state index in [0.29, 0.717) is 13.1 Å². The van der Waals surface area contributed by atoms with E-state index in [1.54, 1.807) is 0 Å². The molecule has 120 valence electrons. The number of hydrogen-bond donors (Lipinski definition) is 2. The number of aryl methyl sites for hydroxylation is 1. The van der Waals surface area contributed by atoms with Gasteiger partial charge in [-0.3, -0.25) is 9.58 Å². The van der Waals surface area contributed by atoms with E-state index < -0.39 is 0 Å². The molecule has 1 saturated heterocycles. The van der Waals surface area contributed by atoms with Crippen LogP contribution in [0.15, 0.2) is 12.4 Å². The first-order chi connectivity index (χ1) is 10.0. The number of nitrogens with zero attached hydrogens (tertiary/aromatic N) is 3. The van der Waals surface area contributed by atoms with Crippen LogP contribution in [-0.2, 0) is 11.3 Å². The van der Waals surface area contributed by atoms with Crippen LogP contribution in [0.2, 0.25) is 0 Å². The minimum absolute atomic E-state index is 0.247. The highest BCUT2D eigenvalue weighted by Crippen LogP contribution is 2.10. The second-order valence-electron chi connectivity index (χ2n) is 6.11. The van der Waals surface area contributed by atoms with Gasteiger partial charge in [0.05, 0.1) is 31.1 Å². The van der Waals surface area contributed by atoms with E-state index in [1.165, 1.54) is 5.56 Å². The Morgan fingerprint density at radius 3 is 2.76 bits per heavy atom. The number of rotatable bonds is 7. The SMILES string of the molecule is Cc1cnn(CCNC[C@H](O)CN2C[C@@H](C)O[C@@H](C)C2)c1. The van der Waals surface area contributed by atoms with Crippen molar-refractivity contribution in [3.8, 4) is 0 Å². The second-order valence-corrected chi connectivity index (χ2v) is 6.11. The first-order valence-electron chi connectivity index (χ1n) is 7.78. The Balaban J connectivity index is 1.60. The summed E-state index contributed by atoms with van der Waals surface area (Å²) in [5.74, 6) is 0. The fourth-order valence-corrected chi connectivity index (χ4v) is 2.85. The zero-order valence-electron chi connectivity index (χ0n) is 13.3. The molecule has 1 aliphatic rings. The second kappa shape index (κ2) is 7.89. The van der Waals surface area contributed by atoms with Crippen LogP contribution in [0.3, 0.4) is 0 Å². The van der Waals surface area contributed by atoms with Crippen molar-refractivity contribution in [3.63, 3.8) is 0 Å². The van der Waals surface area contributed by atoms with E-state index in [1.807, 2.05) is 24.0 Å². The third-order valence-electron chi connectivity index (χ3n) is 3.62. The highest BCUT2D eigenvalue weighted by molar-refractivity contribution is 4.99. The molecule has 21 heavy (non-hydrogen) atoms. The van der Waals surface area contributed by atoms with E-state index in [-0.39, 0.29) is 18.3 Å². The van der Waals surface area contributed by atoms with Gasteiger partial charge in [0.2, 0.25) is 0 Å². The minimum Gasteiger partial charge on any atom is -0.390 e. The number of hydrogen-bond acceptors (Lipinski definition) is 5. The van der Waals surface area contributed by atoms with Gasteiger partial charge >= 0.3 is 0 Å². The summed E-state index contributed by atoms with van der Waals surface area (Å²) in [6.45, 7) is 10.9. The van der Waals surface area contributed by atoms with E-state index in [4.69, 9.17) is 4.74 Å². The smallest absolute Gasteiger partial charge is 0.0791 e. The molecule has 0 aliphatic carbocycles. The summed E-state index contributed by atoms with van der Waals surface area (Å²) in [5.41, 5.74) is 1.17. The van der Waals surface area contributed by atoms with Gasteiger partial charge in [0.15, 0.2) is 0 Å². The Kier molecular flexibility index (Phi) is 6.17. The molecule has 2 heterocycles. The van der Waals surface area contributed by atoms with Crippen LogP contribution in [0.5, 0.6) is 0 Å². The molecule has 0 aromatic carbocycles. The quantitative estimate of drug-likeness (QED) is 0.706. The van der Waals surface area contributed by atoms with Crippen LogP contribution in [0.25, 0.3) is 0 Å². The fraction of sp³-hybridized carbons (Fsp3) is 0.800. The number of ether oxygens (including phenoxy) is 1. The molecule has 1 fully saturated rings. The Morgan fingerprint density at radius 1 is 1.43 bits per heavy atom. The van der Waals surface area contributed by atoms with Crippen molar-refractivity contribution in [1.29, 1.82) is 0 Å². The van der Waals surface area contributed by atoms with Crippen molar-refractivity contribution in [1.82, 2.24) is 20.0 Å². The lowest BCUT2D eigenvalue weighted by Gasteiger charge is -2.36. The van der Waals surface area contributed by atoms with Crippen LogP contribution in [-0.4, -0.2) is 70.8 Å². The number of aromatic nitrogens is 2. The van der Waals surface area contributed by atoms with Crippen molar-refractivity contribution in [3.05, 3.63) is 18.0 Å². The van der Waals surface area contributed by atoms with Gasteiger partial charge in [0.25, 0.3) is 0 Å². The maximum Gasteiger partial charge on any atom is 0.0791 e. The molecular weight excluding hydrogens is 268 g/mol. The summed E-state index contributed by atoms with van der Waals surface area (Å²) < 4.78 is 7.62. The van der Waals surface area contributed by atoms with Gasteiger partial charge in [0.1, 0.15) is 0 Å². The number of nitrogens with one attached hydrogen (secondary N) is 1. The summed E-state index contributed by atoms with van der Waals surface area (Å²) in [6.07, 6.45) is 4.03. The summed E-state index contributed by atoms with van der Waals surface area (Å²) in [7, 11) is 0. The molecule has 2 N–H and O–H groups in total. The largest absolute Gasteiger partial charge is 0.390 e. The van der Waals surface area contributed by atoms with Gasteiger partial charge in [-0.05, 0) is 26.3 Å². The summed E-state index contributed by atoms with van der Waals surface area (Å²) in [4.78, 5) is 2.28. The number of morpholine rings is 1. The van der Waals surface area contributed by atoms with Gasteiger partial charge in [0, 0.05) is 38.9 Å². The van der Waals surface area contributed by atoms with Crippen LogP contribution >= 0.6 is 0 Å². The number of aliphatic hydroxyl groups is 1. The number of β-amino-alcohol motifs (C(OH)–C–C–N with tert-alkyl or cyclic N) is 1. The molecule has 0 radical (unpaired) electrons. The van der Waals surface area contributed by atoms with Gasteiger partial charge < -0.3 is 15.2 Å². The maximum absolute atomic E-state index is 10.1. The molecule has 0 spiro atoms. The standard InChI is InChI=1S/C15H28N4O2/c1-12-6-17-19(8-12)5-4-16-7-15(20)11-18-9-13(2)21-14(3)10-18/h6,8,13-16,20H,4-5,7,9-11H2,1-3H3/t13-,14+,15-/m0/s1. The molecule has 3 atom stereocenters. The van der Waals surface area contributed by atoms with Crippen molar-refractivity contribution < 1.29 is 9.84 Å². The van der Waals surface area contributed by atoms with E-state index in [9.17, 15) is 5.11 Å². The zero-order valence-corrected chi connectivity index (χ0v) is 13.3. The normalized spacial score (nSPS) is 25.1. The maximum atomic E-state index is 10.1. The van der Waals surface area contributed by atoms with Gasteiger partial charge in [-0.15, -0.1) is 0 Å². The van der Waals surface area contributed by atoms with Gasteiger partial charge in [-0.1, -0.05) is 0 Å². The molecule has 1 aromatic heterocycles. The Hall–Kier alpha value is -0.950. The summed E-state index contributed by atoms with van der Waals surface area (Å²) >= 11 is 0. The average molecular weight is 296 g/mol. The van der Waals surface area contributed by atoms with Crippen molar-refractivity contribution in [2.75, 3.05) is 32.7 Å². The van der Waals surface area contributed by atoms with Crippen LogP contribution in [0, 0.1) is 6.92 Å². The highest BCUT2D eigenvalue weighted by Gasteiger charge is 2.23. The third-order valence-corrected chi connectivity index (χ3v) is 3.62. The first-order valence-corrected chi connectivity index (χ1v) is 7.78. The van der Waals surface area contributed by atoms with Crippen molar-refractivity contribution in [2.24, 2.45) is 0 Å². The van der Waals surface area contributed by atoms with Gasteiger partial charge in [-0.25, -0.2) is 0 Å². The Morgan fingerprint density at radius 2 is 2.14 bits per heavy atom. The molecule has 6 nitrogen and oxygen atoms in total. The van der Waals surface area contributed by atoms with E-state index >= 15 is 0 Å². The molecule has 0 saturated carbocycles. The van der Waals surface area contributed by atoms with Gasteiger partial charge in [-0.2, -0.15) is 5.10 Å². The molecule has 0 amide bonds. The molecular formula is C15H28N4O2. The molecule has 1 aromatic rings. The summed E-state index contributed by atoms with van der Waals surface area (Å²) in [6, 6.07) is 0. The Bertz CT molecular complexity index is 414. The van der Waals surface area contributed by atoms with Crippen LogP contribution in [0.4, 0.5) is 0 Å². The van der Waals surface area contributed by atoms with Crippen LogP contribution < -0.4 is 5.32 Å². The lowest BCUT2D eigenvalue weighted by molar-refractivity contribution is -0.0762. The molecule has 0 unspecified atom stereocenters. The van der Waals surface area contributed by atoms with Crippen molar-refractivity contribution in [2.45, 2.75) is 45.6 Å². The number of aliphatic hydroxyl groups excluding tert-OH is 1. The van der Waals surface area contributed by atoms with Crippen LogP contribution in [0.1, 0.15) is 19.4 Å². The van der Waals surface area contributed by atoms with E-state index in [0.717, 1.165) is 26.2 Å². The fourth-order valence-electron chi connectivity index (χ4n) is 2.85. The average Bonchev–Trinajstić information content (AvgIpc) is 2.79. The molecule has 1 aliphatic heterocycles. The minimum atomic E-state index is -0.346. The molecule has 6 heteroatoms. The van der Waals surface area contributed by atoms with E-state index in [2.05, 4.69) is 29.2 Å². The third kappa shape index (κ3) is 5.74. The highest BCUT2D eigenvalue weighted by atomic mass is 16.5. The predicted octanol–water partition coefficient (Wildman–Crippen LogP) is 0.251. The van der Waals surface area contributed by atoms with Crippen molar-refractivity contribution >= 4 is 0 Å². The first kappa shape index (κ1) is 16.4. The topological polar surface area (TPSA) is 62.5 Å². The zero-order chi connectivity index (χ0) is 15.2. The predicted molar refractivity (Wildman–Crippen MR) is 82.3 cm³/mol. The monoisotopic (exact) mass is 296 g/mol. The summed E-state index contributed by atoms with van der Waals surface area (Å²) in [5, 5.41) is 17.6. The molecule has 0 bridgehead atoms. The Labute approximate surface area is 127 Å². The molecule has 2 rings (SSSR count). The lowest BCUT2D eigenvalue weighted by Crippen LogP contribution is -2.49. The lowest BCUT2D eigenvalue weighted by atomic mass is 10.2.